The molecule has 0 heterocycles. The fraction of sp³-hybridized carbons (Fsp3) is 0.500. The van der Waals surface area contributed by atoms with Gasteiger partial charge < -0.3 is 10.4 Å². The first-order valence-electron chi connectivity index (χ1n) is 5.05. The molecule has 7 heteroatoms. The van der Waals surface area contributed by atoms with Gasteiger partial charge in [-0.2, -0.15) is 11.8 Å². The van der Waals surface area contributed by atoms with Gasteiger partial charge >= 0.3 is 12.0 Å². The van der Waals surface area contributed by atoms with Crippen LogP contribution in [0.1, 0.15) is 12.8 Å². The molecule has 3 N–H and O–H groups in total. The quantitative estimate of drug-likeness (QED) is 0.460. The van der Waals surface area contributed by atoms with Crippen molar-refractivity contribution in [2.24, 2.45) is 0 Å². The number of carboxylic acids is 1. The Hall–Kier alpha value is -1.50. The number of nitrogens with one attached hydrogen (secondary N) is 2. The zero-order valence-electron chi connectivity index (χ0n) is 9.56. The lowest BCUT2D eigenvalue weighted by atomic mass is 10.3. The number of hydrogen-bond acceptors (Lipinski definition) is 4. The van der Waals surface area contributed by atoms with E-state index in [1.807, 2.05) is 11.6 Å². The first-order valence-corrected chi connectivity index (χ1v) is 6.44. The van der Waals surface area contributed by atoms with Crippen molar-refractivity contribution in [3.8, 4) is 0 Å². The molecule has 0 aromatic carbocycles. The molecular formula is C10H16N2O4S. The van der Waals surface area contributed by atoms with E-state index < -0.39 is 17.9 Å². The van der Waals surface area contributed by atoms with Crippen molar-refractivity contribution in [2.75, 3.05) is 18.6 Å². The van der Waals surface area contributed by atoms with Gasteiger partial charge in [0.2, 0.25) is 0 Å². The SMILES string of the molecule is CSCCCCNC(=O)NC(=O)/C=C/C(=O)O. The number of imide groups is 1. The molecule has 0 saturated carbocycles. The van der Waals surface area contributed by atoms with Crippen LogP contribution in [-0.2, 0) is 9.59 Å². The van der Waals surface area contributed by atoms with Crippen molar-refractivity contribution in [1.82, 2.24) is 10.6 Å². The highest BCUT2D eigenvalue weighted by atomic mass is 32.2. The first kappa shape index (κ1) is 15.5. The number of unbranched alkanes of at least 4 members (excludes halogenated alkanes) is 1. The summed E-state index contributed by atoms with van der Waals surface area (Å²) in [5.41, 5.74) is 0. The van der Waals surface area contributed by atoms with Crippen molar-refractivity contribution in [3.63, 3.8) is 0 Å². The van der Waals surface area contributed by atoms with E-state index in [0.717, 1.165) is 24.7 Å². The number of hydrogen-bond donors (Lipinski definition) is 3. The number of rotatable bonds is 7. The average molecular weight is 260 g/mol. The molecule has 0 aliphatic heterocycles. The topological polar surface area (TPSA) is 95.5 Å². The summed E-state index contributed by atoms with van der Waals surface area (Å²) in [6.07, 6.45) is 5.30. The lowest BCUT2D eigenvalue weighted by Gasteiger charge is -2.04. The zero-order valence-corrected chi connectivity index (χ0v) is 10.4. The molecule has 0 radical (unpaired) electrons. The zero-order chi connectivity index (χ0) is 13.1. The number of carboxylic acid groups (broad SMARTS) is 1. The Morgan fingerprint density at radius 2 is 1.94 bits per heavy atom. The summed E-state index contributed by atoms with van der Waals surface area (Å²) >= 11 is 1.73. The highest BCUT2D eigenvalue weighted by Crippen LogP contribution is 1.97. The van der Waals surface area contributed by atoms with Gasteiger partial charge in [0.1, 0.15) is 0 Å². The third-order valence-corrected chi connectivity index (χ3v) is 2.37. The van der Waals surface area contributed by atoms with Crippen LogP contribution in [0.2, 0.25) is 0 Å². The maximum atomic E-state index is 11.1. The van der Waals surface area contributed by atoms with Gasteiger partial charge in [0.25, 0.3) is 5.91 Å². The van der Waals surface area contributed by atoms with Crippen LogP contribution in [-0.4, -0.2) is 41.6 Å². The molecule has 0 rings (SSSR count). The van der Waals surface area contributed by atoms with Gasteiger partial charge in [-0.25, -0.2) is 9.59 Å². The molecule has 0 fully saturated rings. The summed E-state index contributed by atoms with van der Waals surface area (Å²) in [7, 11) is 0. The van der Waals surface area contributed by atoms with Crippen molar-refractivity contribution in [2.45, 2.75) is 12.8 Å². The molecule has 3 amide bonds. The second-order valence-electron chi connectivity index (χ2n) is 3.12. The molecule has 0 unspecified atom stereocenters. The molecule has 0 aromatic rings. The van der Waals surface area contributed by atoms with Crippen molar-refractivity contribution < 1.29 is 19.5 Å². The molecule has 96 valence electrons. The van der Waals surface area contributed by atoms with E-state index in [0.29, 0.717) is 12.6 Å². The van der Waals surface area contributed by atoms with Gasteiger partial charge in [-0.1, -0.05) is 0 Å². The molecule has 6 nitrogen and oxygen atoms in total. The first-order chi connectivity index (χ1) is 8.06. The predicted octanol–water partition coefficient (Wildman–Crippen LogP) is 0.596. The second-order valence-corrected chi connectivity index (χ2v) is 4.10. The summed E-state index contributed by atoms with van der Waals surface area (Å²) in [6, 6.07) is -0.616. The average Bonchev–Trinajstić information content (AvgIpc) is 2.26. The molecular weight excluding hydrogens is 244 g/mol. The van der Waals surface area contributed by atoms with Crippen LogP contribution in [0.5, 0.6) is 0 Å². The van der Waals surface area contributed by atoms with Crippen LogP contribution >= 0.6 is 11.8 Å². The lowest BCUT2D eigenvalue weighted by Crippen LogP contribution is -2.39. The minimum absolute atomic E-state index is 0.488. The number of thioether (sulfide) groups is 1. The summed E-state index contributed by atoms with van der Waals surface area (Å²) in [4.78, 5) is 32.2. The molecule has 0 spiro atoms. The van der Waals surface area contributed by atoms with E-state index in [1.165, 1.54) is 0 Å². The van der Waals surface area contributed by atoms with Crippen molar-refractivity contribution in [1.29, 1.82) is 0 Å². The molecule has 0 saturated heterocycles. The number of aliphatic carboxylic acids is 1. The smallest absolute Gasteiger partial charge is 0.328 e. The molecule has 0 atom stereocenters. The van der Waals surface area contributed by atoms with E-state index in [-0.39, 0.29) is 0 Å². The molecule has 0 aliphatic rings. The van der Waals surface area contributed by atoms with Gasteiger partial charge in [0, 0.05) is 18.7 Å². The minimum Gasteiger partial charge on any atom is -0.478 e. The molecule has 17 heavy (non-hydrogen) atoms. The number of carbonyl (C=O) groups is 3. The predicted molar refractivity (Wildman–Crippen MR) is 65.9 cm³/mol. The van der Waals surface area contributed by atoms with Gasteiger partial charge in [-0.15, -0.1) is 0 Å². The maximum absolute atomic E-state index is 11.1. The van der Waals surface area contributed by atoms with Crippen LogP contribution in [0.3, 0.4) is 0 Å². The Balaban J connectivity index is 3.64. The highest BCUT2D eigenvalue weighted by molar-refractivity contribution is 7.98. The Bertz CT molecular complexity index is 305. The van der Waals surface area contributed by atoms with Gasteiger partial charge in [-0.05, 0) is 24.9 Å². The molecule has 0 aliphatic carbocycles. The Kier molecular flexibility index (Phi) is 8.85. The van der Waals surface area contributed by atoms with Gasteiger partial charge in [-0.3, -0.25) is 10.1 Å². The van der Waals surface area contributed by atoms with E-state index >= 15 is 0 Å². The number of carbonyl (C=O) groups excluding carboxylic acids is 2. The van der Waals surface area contributed by atoms with Gasteiger partial charge in [0.15, 0.2) is 0 Å². The van der Waals surface area contributed by atoms with Crippen LogP contribution in [0, 0.1) is 0 Å². The number of urea groups is 1. The third kappa shape index (κ3) is 10.8. The van der Waals surface area contributed by atoms with E-state index in [9.17, 15) is 14.4 Å². The maximum Gasteiger partial charge on any atom is 0.328 e. The van der Waals surface area contributed by atoms with E-state index in [2.05, 4.69) is 5.32 Å². The summed E-state index contributed by atoms with van der Waals surface area (Å²) in [5.74, 6) is -0.963. The molecule has 0 aromatic heterocycles. The normalized spacial score (nSPS) is 10.2. The van der Waals surface area contributed by atoms with Crippen LogP contribution in [0.25, 0.3) is 0 Å². The molecule has 0 bridgehead atoms. The Morgan fingerprint density at radius 1 is 1.24 bits per heavy atom. The van der Waals surface area contributed by atoms with Crippen molar-refractivity contribution in [3.05, 3.63) is 12.2 Å². The third-order valence-electron chi connectivity index (χ3n) is 1.67. The van der Waals surface area contributed by atoms with Crippen LogP contribution in [0.4, 0.5) is 4.79 Å². The Labute approximate surface area is 104 Å². The van der Waals surface area contributed by atoms with Crippen molar-refractivity contribution >= 4 is 29.7 Å². The summed E-state index contributed by atoms with van der Waals surface area (Å²) < 4.78 is 0. The second kappa shape index (κ2) is 9.71. The van der Waals surface area contributed by atoms with E-state index in [1.54, 1.807) is 11.8 Å². The Morgan fingerprint density at radius 3 is 2.53 bits per heavy atom. The van der Waals surface area contributed by atoms with Crippen LogP contribution < -0.4 is 10.6 Å². The largest absolute Gasteiger partial charge is 0.478 e. The minimum atomic E-state index is -1.24. The van der Waals surface area contributed by atoms with Crippen LogP contribution in [0.15, 0.2) is 12.2 Å². The number of amides is 3. The monoisotopic (exact) mass is 260 g/mol. The standard InChI is InChI=1S/C10H16N2O4S/c1-17-7-3-2-6-11-10(16)12-8(13)4-5-9(14)15/h4-5H,2-3,6-7H2,1H3,(H,14,15)(H2,11,12,13,16)/b5-4+. The lowest BCUT2D eigenvalue weighted by molar-refractivity contribution is -0.131. The van der Waals surface area contributed by atoms with E-state index in [4.69, 9.17) is 5.11 Å². The summed E-state index contributed by atoms with van der Waals surface area (Å²) in [6.45, 7) is 0.488. The fourth-order valence-electron chi connectivity index (χ4n) is 0.918. The fourth-order valence-corrected chi connectivity index (χ4v) is 1.41. The van der Waals surface area contributed by atoms with Gasteiger partial charge in [0.05, 0.1) is 0 Å². The highest BCUT2D eigenvalue weighted by Gasteiger charge is 2.03. The summed E-state index contributed by atoms with van der Waals surface area (Å²) in [5, 5.41) is 12.7.